The molecule has 9 heteroatoms. The number of halogens is 4. The summed E-state index contributed by atoms with van der Waals surface area (Å²) in [4.78, 5) is 4.00. The molecular formula is C25H18F4N4O. The third-order valence-corrected chi connectivity index (χ3v) is 5.78. The van der Waals surface area contributed by atoms with Crippen molar-refractivity contribution in [1.82, 2.24) is 14.8 Å². The van der Waals surface area contributed by atoms with E-state index in [1.54, 1.807) is 24.4 Å². The monoisotopic (exact) mass is 466 g/mol. The molecule has 3 aromatic carbocycles. The van der Waals surface area contributed by atoms with Gasteiger partial charge in [-0.15, -0.1) is 0 Å². The quantitative estimate of drug-likeness (QED) is 0.254. The van der Waals surface area contributed by atoms with Crippen LogP contribution in [0.3, 0.4) is 0 Å². The number of nitrogens with zero attached hydrogens (tertiary/aromatic N) is 3. The van der Waals surface area contributed by atoms with E-state index >= 15 is 4.39 Å². The molecule has 0 bridgehead atoms. The highest BCUT2D eigenvalue weighted by Gasteiger charge is 2.48. The first-order chi connectivity index (χ1) is 16.4. The predicted octanol–water partition coefficient (Wildman–Crippen LogP) is 5.57. The summed E-state index contributed by atoms with van der Waals surface area (Å²) >= 11 is 0. The van der Waals surface area contributed by atoms with Gasteiger partial charge in [-0.1, -0.05) is 18.2 Å². The SMILES string of the molecule is OC(c1ccc2c(cnn2-c2ccc(F)cc2)c1)(C(F)F)C(F)Nc1cccc2cnccc12. The normalized spacial score (nSPS) is 14.4. The second kappa shape index (κ2) is 8.42. The van der Waals surface area contributed by atoms with Crippen LogP contribution in [-0.4, -0.2) is 32.6 Å². The summed E-state index contributed by atoms with van der Waals surface area (Å²) in [5.41, 5.74) is -2.12. The van der Waals surface area contributed by atoms with Gasteiger partial charge in [0.05, 0.1) is 17.4 Å². The van der Waals surface area contributed by atoms with Crippen molar-refractivity contribution in [3.63, 3.8) is 0 Å². The van der Waals surface area contributed by atoms with E-state index in [-0.39, 0.29) is 11.3 Å². The van der Waals surface area contributed by atoms with Gasteiger partial charge in [0.25, 0.3) is 6.43 Å². The van der Waals surface area contributed by atoms with E-state index in [4.69, 9.17) is 0 Å². The number of anilines is 1. The molecule has 5 nitrogen and oxygen atoms in total. The van der Waals surface area contributed by atoms with Gasteiger partial charge >= 0.3 is 0 Å². The Morgan fingerprint density at radius 3 is 2.47 bits per heavy atom. The van der Waals surface area contributed by atoms with Gasteiger partial charge in [-0.3, -0.25) is 4.98 Å². The molecule has 0 saturated heterocycles. The lowest BCUT2D eigenvalue weighted by Crippen LogP contribution is -2.47. The zero-order chi connectivity index (χ0) is 23.9. The topological polar surface area (TPSA) is 63.0 Å². The Hall–Kier alpha value is -3.98. The van der Waals surface area contributed by atoms with E-state index in [9.17, 15) is 18.3 Å². The molecule has 2 heterocycles. The second-order valence-corrected chi connectivity index (χ2v) is 7.84. The van der Waals surface area contributed by atoms with Gasteiger partial charge in [0.1, 0.15) is 5.82 Å². The Labute approximate surface area is 191 Å². The smallest absolute Gasteiger partial charge is 0.275 e. The lowest BCUT2D eigenvalue weighted by Gasteiger charge is -2.32. The molecule has 0 aliphatic heterocycles. The molecule has 0 spiro atoms. The summed E-state index contributed by atoms with van der Waals surface area (Å²) in [6.07, 6.45) is -1.48. The molecule has 0 saturated carbocycles. The fourth-order valence-corrected chi connectivity index (χ4v) is 3.95. The predicted molar refractivity (Wildman–Crippen MR) is 121 cm³/mol. The minimum absolute atomic E-state index is 0.247. The number of hydrogen-bond acceptors (Lipinski definition) is 4. The molecule has 0 amide bonds. The number of fused-ring (bicyclic) bond motifs is 2. The lowest BCUT2D eigenvalue weighted by atomic mass is 9.91. The van der Waals surface area contributed by atoms with E-state index in [1.165, 1.54) is 65.6 Å². The summed E-state index contributed by atoms with van der Waals surface area (Å²) in [6, 6.07) is 16.1. The van der Waals surface area contributed by atoms with Crippen LogP contribution in [0.1, 0.15) is 5.56 Å². The largest absolute Gasteiger partial charge is 0.375 e. The van der Waals surface area contributed by atoms with Crippen LogP contribution in [0, 0.1) is 5.82 Å². The molecule has 2 N–H and O–H groups in total. The number of rotatable bonds is 6. The molecule has 5 aromatic rings. The molecule has 34 heavy (non-hydrogen) atoms. The first kappa shape index (κ1) is 21.8. The zero-order valence-corrected chi connectivity index (χ0v) is 17.5. The van der Waals surface area contributed by atoms with Crippen molar-refractivity contribution in [3.8, 4) is 5.69 Å². The summed E-state index contributed by atoms with van der Waals surface area (Å²) in [7, 11) is 0. The van der Waals surface area contributed by atoms with E-state index in [0.29, 0.717) is 27.4 Å². The van der Waals surface area contributed by atoms with Gasteiger partial charge < -0.3 is 10.4 Å². The van der Waals surface area contributed by atoms with Gasteiger partial charge in [-0.2, -0.15) is 5.10 Å². The first-order valence-corrected chi connectivity index (χ1v) is 10.4. The van der Waals surface area contributed by atoms with Crippen molar-refractivity contribution in [2.75, 3.05) is 5.32 Å². The van der Waals surface area contributed by atoms with Gasteiger partial charge in [0.2, 0.25) is 11.9 Å². The van der Waals surface area contributed by atoms with Gasteiger partial charge in [-0.05, 0) is 54.1 Å². The van der Waals surface area contributed by atoms with Crippen molar-refractivity contribution < 1.29 is 22.7 Å². The molecule has 2 aromatic heterocycles. The van der Waals surface area contributed by atoms with Gasteiger partial charge in [-0.25, -0.2) is 22.2 Å². The number of benzene rings is 3. The van der Waals surface area contributed by atoms with E-state index in [0.717, 1.165) is 0 Å². The first-order valence-electron chi connectivity index (χ1n) is 10.4. The van der Waals surface area contributed by atoms with Gasteiger partial charge in [0.15, 0.2) is 0 Å². The summed E-state index contributed by atoms with van der Waals surface area (Å²) < 4.78 is 58.4. The third-order valence-electron chi connectivity index (χ3n) is 5.78. The average Bonchev–Trinajstić information content (AvgIpc) is 3.27. The zero-order valence-electron chi connectivity index (χ0n) is 17.5. The average molecular weight is 466 g/mol. The number of nitrogens with one attached hydrogen (secondary N) is 1. The Balaban J connectivity index is 1.52. The fourth-order valence-electron chi connectivity index (χ4n) is 3.95. The molecule has 0 aliphatic carbocycles. The molecule has 0 radical (unpaired) electrons. The maximum atomic E-state index is 15.4. The van der Waals surface area contributed by atoms with Crippen molar-refractivity contribution in [2.45, 2.75) is 18.3 Å². The van der Waals surface area contributed by atoms with Crippen LogP contribution in [-0.2, 0) is 5.60 Å². The van der Waals surface area contributed by atoms with Crippen LogP contribution in [0.15, 0.2) is 85.3 Å². The van der Waals surface area contributed by atoms with Crippen molar-refractivity contribution in [3.05, 3.63) is 96.7 Å². The van der Waals surface area contributed by atoms with Crippen molar-refractivity contribution >= 4 is 27.4 Å². The molecule has 5 rings (SSSR count). The summed E-state index contributed by atoms with van der Waals surface area (Å²) in [6.45, 7) is 0. The molecule has 2 unspecified atom stereocenters. The standard InChI is InChI=1S/C25H18F4N4O/c26-18-5-7-19(8-6-18)33-22-9-4-17(12-16(22)14-31-33)25(34,23(27)28)24(29)32-21-3-1-2-15-13-30-11-10-20(15)21/h1-14,23-24,32,34H. The summed E-state index contributed by atoms with van der Waals surface area (Å²) in [5.74, 6) is -0.409. The number of aromatic nitrogens is 3. The molecule has 2 atom stereocenters. The molecular weight excluding hydrogens is 448 g/mol. The highest BCUT2D eigenvalue weighted by atomic mass is 19.3. The van der Waals surface area contributed by atoms with Crippen molar-refractivity contribution in [2.24, 2.45) is 0 Å². The number of alkyl halides is 3. The number of pyridine rings is 1. The molecule has 0 aliphatic rings. The van der Waals surface area contributed by atoms with E-state index in [2.05, 4.69) is 15.4 Å². The second-order valence-electron chi connectivity index (χ2n) is 7.84. The van der Waals surface area contributed by atoms with Gasteiger partial charge in [0, 0.05) is 34.2 Å². The lowest BCUT2D eigenvalue weighted by molar-refractivity contribution is -0.139. The third kappa shape index (κ3) is 3.63. The molecule has 0 fully saturated rings. The highest BCUT2D eigenvalue weighted by molar-refractivity contribution is 5.93. The number of aliphatic hydroxyl groups is 1. The van der Waals surface area contributed by atoms with Crippen LogP contribution in [0.2, 0.25) is 0 Å². The number of hydrogen-bond donors (Lipinski definition) is 2. The Morgan fingerprint density at radius 1 is 0.912 bits per heavy atom. The van der Waals surface area contributed by atoms with Crippen molar-refractivity contribution in [1.29, 1.82) is 0 Å². The minimum atomic E-state index is -3.43. The maximum Gasteiger partial charge on any atom is 0.275 e. The summed E-state index contributed by atoms with van der Waals surface area (Å²) in [5, 5.41) is 19.2. The van der Waals surface area contributed by atoms with E-state index in [1.807, 2.05) is 0 Å². The maximum absolute atomic E-state index is 15.4. The van der Waals surface area contributed by atoms with Crippen LogP contribution >= 0.6 is 0 Å². The minimum Gasteiger partial charge on any atom is -0.375 e. The Bertz CT molecular complexity index is 1470. The molecule has 172 valence electrons. The van der Waals surface area contributed by atoms with Crippen LogP contribution in [0.25, 0.3) is 27.4 Å². The Kier molecular flexibility index (Phi) is 5.41. The van der Waals surface area contributed by atoms with Crippen LogP contribution in [0.5, 0.6) is 0 Å². The highest BCUT2D eigenvalue weighted by Crippen LogP contribution is 2.37. The Morgan fingerprint density at radius 2 is 1.71 bits per heavy atom. The van der Waals surface area contributed by atoms with Crippen LogP contribution < -0.4 is 5.32 Å². The van der Waals surface area contributed by atoms with Crippen LogP contribution in [0.4, 0.5) is 23.2 Å². The fraction of sp³-hybridized carbons (Fsp3) is 0.120. The van der Waals surface area contributed by atoms with E-state index < -0.39 is 24.1 Å².